The summed E-state index contributed by atoms with van der Waals surface area (Å²) in [6.45, 7) is 1.64. The van der Waals surface area contributed by atoms with Crippen molar-refractivity contribution in [1.29, 1.82) is 0 Å². The molecule has 0 unspecified atom stereocenters. The molecule has 1 aromatic heterocycles. The van der Waals surface area contributed by atoms with E-state index in [2.05, 4.69) is 12.7 Å². The SMILES string of the molecule is [B]OC(=O)CCn1c(=O)[nH]c(=O)n(CCC(=O)OCCCC)c1=O. The van der Waals surface area contributed by atoms with Crippen LogP contribution in [0.15, 0.2) is 14.4 Å². The van der Waals surface area contributed by atoms with Gasteiger partial charge in [-0.15, -0.1) is 0 Å². The van der Waals surface area contributed by atoms with Gasteiger partial charge in [0.05, 0.1) is 19.4 Å². The van der Waals surface area contributed by atoms with E-state index < -0.39 is 29.0 Å². The lowest BCUT2D eigenvalue weighted by molar-refractivity contribution is -0.144. The molecular formula is C13H18BN3O7. The number of rotatable bonds is 9. The largest absolute Gasteiger partial charge is 0.543 e. The standard InChI is InChI=1S/C13H18BN3O7/c1-2-3-8-23-9(18)4-6-16-11(20)15-12(21)17(13(16)22)7-5-10(19)24-14/h2-8H2,1H3,(H,15,20,21). The molecule has 10 nitrogen and oxygen atoms in total. The summed E-state index contributed by atoms with van der Waals surface area (Å²) in [5.74, 6) is -1.38. The van der Waals surface area contributed by atoms with Crippen LogP contribution >= 0.6 is 0 Å². The first-order valence-corrected chi connectivity index (χ1v) is 7.39. The molecule has 0 aliphatic rings. The number of H-pyrrole nitrogens is 1. The Balaban J connectivity index is 2.86. The van der Waals surface area contributed by atoms with Crippen LogP contribution in [0.3, 0.4) is 0 Å². The average Bonchev–Trinajstić information content (AvgIpc) is 2.54. The lowest BCUT2D eigenvalue weighted by Crippen LogP contribution is -2.49. The normalized spacial score (nSPS) is 10.4. The lowest BCUT2D eigenvalue weighted by atomic mass is 10.3. The van der Waals surface area contributed by atoms with Crippen LogP contribution in [-0.2, 0) is 32.1 Å². The van der Waals surface area contributed by atoms with E-state index in [9.17, 15) is 24.0 Å². The molecule has 1 heterocycles. The van der Waals surface area contributed by atoms with Crippen molar-refractivity contribution < 1.29 is 19.0 Å². The van der Waals surface area contributed by atoms with Crippen molar-refractivity contribution in [2.45, 2.75) is 45.7 Å². The Morgan fingerprint density at radius 2 is 1.58 bits per heavy atom. The third kappa shape index (κ3) is 5.56. The van der Waals surface area contributed by atoms with Crippen LogP contribution in [0.25, 0.3) is 0 Å². The van der Waals surface area contributed by atoms with Crippen molar-refractivity contribution in [2.75, 3.05) is 6.61 Å². The number of hydrogen-bond donors (Lipinski definition) is 1. The second-order valence-corrected chi connectivity index (χ2v) is 4.89. The van der Waals surface area contributed by atoms with Gasteiger partial charge in [0.15, 0.2) is 0 Å². The number of aromatic amines is 1. The molecule has 0 aromatic carbocycles. The Bertz CT molecular complexity index is 749. The molecule has 130 valence electrons. The maximum absolute atomic E-state index is 12.2. The van der Waals surface area contributed by atoms with E-state index >= 15 is 0 Å². The van der Waals surface area contributed by atoms with Crippen LogP contribution in [0.4, 0.5) is 0 Å². The fourth-order valence-electron chi connectivity index (χ4n) is 1.81. The van der Waals surface area contributed by atoms with E-state index in [-0.39, 0.29) is 32.5 Å². The molecule has 0 saturated heterocycles. The van der Waals surface area contributed by atoms with Crippen molar-refractivity contribution in [3.8, 4) is 0 Å². The molecule has 1 rings (SSSR count). The van der Waals surface area contributed by atoms with Crippen LogP contribution in [0.5, 0.6) is 0 Å². The summed E-state index contributed by atoms with van der Waals surface area (Å²) < 4.78 is 10.2. The van der Waals surface area contributed by atoms with Crippen molar-refractivity contribution >= 4 is 20.0 Å². The lowest BCUT2D eigenvalue weighted by Gasteiger charge is -2.08. The topological polar surface area (TPSA) is 129 Å². The molecule has 1 N–H and O–H groups in total. The Morgan fingerprint density at radius 3 is 2.08 bits per heavy atom. The number of nitrogens with zero attached hydrogens (tertiary/aromatic N) is 2. The number of unbranched alkanes of at least 4 members (excludes halogenated alkanes) is 1. The van der Waals surface area contributed by atoms with E-state index in [1.165, 1.54) is 0 Å². The third-order valence-corrected chi connectivity index (χ3v) is 3.14. The number of esters is 1. The zero-order chi connectivity index (χ0) is 18.1. The van der Waals surface area contributed by atoms with Gasteiger partial charge in [-0.1, -0.05) is 13.3 Å². The second kappa shape index (κ2) is 9.53. The monoisotopic (exact) mass is 339 g/mol. The summed E-state index contributed by atoms with van der Waals surface area (Å²) in [5, 5.41) is 0. The van der Waals surface area contributed by atoms with Crippen LogP contribution in [0, 0.1) is 0 Å². The molecule has 0 aliphatic carbocycles. The van der Waals surface area contributed by atoms with Crippen molar-refractivity contribution in [3.63, 3.8) is 0 Å². The van der Waals surface area contributed by atoms with Crippen LogP contribution in [0.2, 0.25) is 0 Å². The highest BCUT2D eigenvalue weighted by Gasteiger charge is 2.13. The first kappa shape index (κ1) is 19.5. The molecule has 1 aromatic rings. The average molecular weight is 339 g/mol. The van der Waals surface area contributed by atoms with Gasteiger partial charge in [-0.2, -0.15) is 0 Å². The third-order valence-electron chi connectivity index (χ3n) is 3.14. The number of aromatic nitrogens is 3. The highest BCUT2D eigenvalue weighted by Crippen LogP contribution is 1.93. The summed E-state index contributed by atoms with van der Waals surface area (Å²) in [5.41, 5.74) is -2.84. The zero-order valence-electron chi connectivity index (χ0n) is 13.3. The minimum Gasteiger partial charge on any atom is -0.543 e. The van der Waals surface area contributed by atoms with Crippen molar-refractivity contribution in [2.24, 2.45) is 0 Å². The van der Waals surface area contributed by atoms with Crippen LogP contribution < -0.4 is 17.1 Å². The van der Waals surface area contributed by atoms with E-state index in [0.29, 0.717) is 15.6 Å². The summed E-state index contributed by atoms with van der Waals surface area (Å²) >= 11 is 0. The maximum Gasteiger partial charge on any atom is 0.378 e. The summed E-state index contributed by atoms with van der Waals surface area (Å²) in [4.78, 5) is 60.0. The van der Waals surface area contributed by atoms with Crippen LogP contribution in [0.1, 0.15) is 32.6 Å². The summed E-state index contributed by atoms with van der Waals surface area (Å²) in [7, 11) is 4.67. The Labute approximate surface area is 137 Å². The minimum absolute atomic E-state index is 0.199. The minimum atomic E-state index is -0.961. The summed E-state index contributed by atoms with van der Waals surface area (Å²) in [6.07, 6.45) is 1.06. The van der Waals surface area contributed by atoms with Crippen LogP contribution in [-0.4, -0.2) is 40.7 Å². The molecule has 2 radical (unpaired) electrons. The number of carbonyl (C=O) groups is 2. The number of hydrogen-bond acceptors (Lipinski definition) is 7. The van der Waals surface area contributed by atoms with Gasteiger partial charge in [-0.25, -0.2) is 23.5 Å². The first-order valence-electron chi connectivity index (χ1n) is 7.39. The van der Waals surface area contributed by atoms with Crippen molar-refractivity contribution in [3.05, 3.63) is 31.5 Å². The maximum atomic E-state index is 12.2. The van der Waals surface area contributed by atoms with E-state index in [1.807, 2.05) is 11.9 Å². The van der Waals surface area contributed by atoms with E-state index in [4.69, 9.17) is 4.74 Å². The van der Waals surface area contributed by atoms with Gasteiger partial charge in [0.1, 0.15) is 0 Å². The molecule has 0 fully saturated rings. The molecule has 0 spiro atoms. The first-order chi connectivity index (χ1) is 11.4. The van der Waals surface area contributed by atoms with Gasteiger partial charge in [-0.05, 0) is 6.42 Å². The van der Waals surface area contributed by atoms with E-state index in [0.717, 1.165) is 6.42 Å². The Hall–Kier alpha value is -2.59. The fraction of sp³-hybridized carbons (Fsp3) is 0.615. The molecule has 0 bridgehead atoms. The smallest absolute Gasteiger partial charge is 0.378 e. The molecule has 0 aliphatic heterocycles. The number of nitrogens with one attached hydrogen (secondary N) is 1. The molecule has 0 amide bonds. The van der Waals surface area contributed by atoms with Gasteiger partial charge in [-0.3, -0.25) is 14.6 Å². The quantitative estimate of drug-likeness (QED) is 0.327. The molecule has 0 atom stereocenters. The van der Waals surface area contributed by atoms with Gasteiger partial charge >= 0.3 is 31.1 Å². The number of ether oxygens (including phenoxy) is 1. The fourth-order valence-corrected chi connectivity index (χ4v) is 1.81. The van der Waals surface area contributed by atoms with Gasteiger partial charge in [0.25, 0.3) is 5.97 Å². The highest BCUT2D eigenvalue weighted by atomic mass is 16.5. The van der Waals surface area contributed by atoms with Gasteiger partial charge < -0.3 is 9.39 Å². The molecule has 24 heavy (non-hydrogen) atoms. The number of carbonyl (C=O) groups excluding carboxylic acids is 2. The zero-order valence-corrected chi connectivity index (χ0v) is 13.3. The van der Waals surface area contributed by atoms with E-state index in [1.54, 1.807) is 0 Å². The predicted molar refractivity (Wildman–Crippen MR) is 82.5 cm³/mol. The van der Waals surface area contributed by atoms with Gasteiger partial charge in [0.2, 0.25) is 0 Å². The molecule has 0 saturated carbocycles. The molecular weight excluding hydrogens is 321 g/mol. The summed E-state index contributed by atoms with van der Waals surface area (Å²) in [6, 6.07) is 0. The second-order valence-electron chi connectivity index (χ2n) is 4.89. The predicted octanol–water partition coefficient (Wildman–Crippen LogP) is -1.55. The van der Waals surface area contributed by atoms with Crippen molar-refractivity contribution in [1.82, 2.24) is 14.1 Å². The Kier molecular flexibility index (Phi) is 7.73. The highest BCUT2D eigenvalue weighted by molar-refractivity contribution is 6.05. The van der Waals surface area contributed by atoms with Gasteiger partial charge in [0, 0.05) is 13.1 Å². The Morgan fingerprint density at radius 1 is 1.04 bits per heavy atom. The molecule has 11 heteroatoms.